The molecule has 0 spiro atoms. The Morgan fingerprint density at radius 2 is 1.42 bits per heavy atom. The maximum Gasteiger partial charge on any atom is 0.258 e. The van der Waals surface area contributed by atoms with Crippen molar-refractivity contribution in [3.63, 3.8) is 0 Å². The third kappa shape index (κ3) is 7.23. The monoisotopic (exact) mass is 508 g/mol. The number of carbonyl (C=O) groups excluding carboxylic acids is 2. The summed E-state index contributed by atoms with van der Waals surface area (Å²) in [6.07, 6.45) is 0.957. The number of benzene rings is 4. The summed E-state index contributed by atoms with van der Waals surface area (Å²) in [4.78, 5) is 28.1. The van der Waals surface area contributed by atoms with Gasteiger partial charge in [0.2, 0.25) is 5.91 Å². The van der Waals surface area contributed by atoms with E-state index < -0.39 is 0 Å². The second-order valence-electron chi connectivity index (χ2n) is 8.90. The maximum absolute atomic E-state index is 13.7. The predicted octanol–water partition coefficient (Wildman–Crippen LogP) is 5.45. The third-order valence-corrected chi connectivity index (χ3v) is 6.23. The Kier molecular flexibility index (Phi) is 9.13. The topological polar surface area (TPSA) is 67.9 Å². The molecule has 0 aliphatic rings. The van der Waals surface area contributed by atoms with E-state index in [0.29, 0.717) is 24.4 Å². The lowest BCUT2D eigenvalue weighted by atomic mass is 10.1. The van der Waals surface area contributed by atoms with Crippen LogP contribution in [-0.2, 0) is 24.2 Å². The van der Waals surface area contributed by atoms with Crippen molar-refractivity contribution in [2.45, 2.75) is 19.4 Å². The molecule has 4 rings (SSSR count). The van der Waals surface area contributed by atoms with Crippen molar-refractivity contribution < 1.29 is 19.1 Å². The molecule has 194 valence electrons. The number of hydrogen-bond donors (Lipinski definition) is 1. The van der Waals surface area contributed by atoms with Crippen LogP contribution < -0.4 is 19.7 Å². The Bertz CT molecular complexity index is 1350. The highest BCUT2D eigenvalue weighted by molar-refractivity contribution is 6.06. The lowest BCUT2D eigenvalue weighted by Gasteiger charge is -2.24. The summed E-state index contributed by atoms with van der Waals surface area (Å²) < 4.78 is 10.5. The van der Waals surface area contributed by atoms with Crippen molar-refractivity contribution in [1.82, 2.24) is 5.32 Å². The van der Waals surface area contributed by atoms with Crippen LogP contribution in [0.15, 0.2) is 103 Å². The van der Waals surface area contributed by atoms with Gasteiger partial charge in [-0.25, -0.2) is 0 Å². The fourth-order valence-electron chi connectivity index (χ4n) is 4.18. The zero-order valence-corrected chi connectivity index (χ0v) is 21.7. The summed E-state index contributed by atoms with van der Waals surface area (Å²) >= 11 is 0. The van der Waals surface area contributed by atoms with Crippen LogP contribution in [0.3, 0.4) is 0 Å². The molecule has 0 bridgehead atoms. The number of methoxy groups -OCH3 is 2. The Labute approximate surface area is 223 Å². The van der Waals surface area contributed by atoms with Crippen molar-refractivity contribution >= 4 is 17.5 Å². The fraction of sp³-hybridized carbons (Fsp3) is 0.188. The lowest BCUT2D eigenvalue weighted by molar-refractivity contribution is -0.120. The molecule has 4 aromatic rings. The van der Waals surface area contributed by atoms with Gasteiger partial charge in [-0.05, 0) is 65.6 Å². The van der Waals surface area contributed by atoms with E-state index in [-0.39, 0.29) is 18.2 Å². The third-order valence-electron chi connectivity index (χ3n) is 6.23. The molecule has 0 unspecified atom stereocenters. The van der Waals surface area contributed by atoms with Crippen LogP contribution in [0.4, 0.5) is 5.69 Å². The van der Waals surface area contributed by atoms with Crippen LogP contribution in [-0.4, -0.2) is 32.6 Å². The minimum Gasteiger partial charge on any atom is -0.497 e. The molecule has 6 nitrogen and oxygen atoms in total. The number of nitrogens with zero attached hydrogens (tertiary/aromatic N) is 1. The molecular weight excluding hydrogens is 476 g/mol. The molecule has 6 heteroatoms. The zero-order chi connectivity index (χ0) is 26.7. The van der Waals surface area contributed by atoms with Gasteiger partial charge in [-0.15, -0.1) is 0 Å². The smallest absolute Gasteiger partial charge is 0.258 e. The Hall–Kier alpha value is -4.58. The first-order chi connectivity index (χ1) is 18.6. The van der Waals surface area contributed by atoms with E-state index in [0.717, 1.165) is 34.5 Å². The van der Waals surface area contributed by atoms with E-state index in [1.165, 1.54) is 0 Å². The van der Waals surface area contributed by atoms with Crippen molar-refractivity contribution in [3.8, 4) is 11.5 Å². The number of ether oxygens (including phenoxy) is 2. The molecule has 0 saturated carbocycles. The van der Waals surface area contributed by atoms with Gasteiger partial charge in [-0.1, -0.05) is 60.7 Å². The SMILES string of the molecule is COc1ccc(CCNC(=O)Cc2cccc(N(Cc3ccccc3)C(=O)c3cccc(OC)c3)c2)cc1. The van der Waals surface area contributed by atoms with E-state index in [1.54, 1.807) is 37.3 Å². The van der Waals surface area contributed by atoms with Gasteiger partial charge >= 0.3 is 0 Å². The molecule has 2 amide bonds. The van der Waals surface area contributed by atoms with Gasteiger partial charge in [0.15, 0.2) is 0 Å². The first kappa shape index (κ1) is 26.5. The standard InChI is InChI=1S/C32H32N2O4/c1-37-29-16-14-24(15-17-29)18-19-33-31(35)21-26-10-6-12-28(20-26)34(23-25-8-4-3-5-9-25)32(36)27-11-7-13-30(22-27)38-2/h3-17,20,22H,18-19,21,23H2,1-2H3,(H,33,35). The number of hydrogen-bond acceptors (Lipinski definition) is 4. The molecule has 0 aromatic heterocycles. The van der Waals surface area contributed by atoms with Crippen LogP contribution >= 0.6 is 0 Å². The molecule has 0 fully saturated rings. The van der Waals surface area contributed by atoms with E-state index in [4.69, 9.17) is 9.47 Å². The maximum atomic E-state index is 13.7. The van der Waals surface area contributed by atoms with Crippen molar-refractivity contribution in [1.29, 1.82) is 0 Å². The summed E-state index contributed by atoms with van der Waals surface area (Å²) in [5.41, 5.74) is 4.22. The van der Waals surface area contributed by atoms with Crippen molar-refractivity contribution in [2.75, 3.05) is 25.7 Å². The second-order valence-corrected chi connectivity index (χ2v) is 8.90. The number of carbonyl (C=O) groups is 2. The molecule has 0 heterocycles. The van der Waals surface area contributed by atoms with Gasteiger partial charge in [-0.2, -0.15) is 0 Å². The van der Waals surface area contributed by atoms with Crippen LogP contribution in [0.5, 0.6) is 11.5 Å². The minimum atomic E-state index is -0.145. The highest BCUT2D eigenvalue weighted by Gasteiger charge is 2.19. The van der Waals surface area contributed by atoms with E-state index in [2.05, 4.69) is 5.32 Å². The second kappa shape index (κ2) is 13.1. The first-order valence-electron chi connectivity index (χ1n) is 12.5. The van der Waals surface area contributed by atoms with Gasteiger partial charge in [-0.3, -0.25) is 9.59 Å². The molecular formula is C32H32N2O4. The summed E-state index contributed by atoms with van der Waals surface area (Å²) in [7, 11) is 3.22. The predicted molar refractivity (Wildman–Crippen MR) is 150 cm³/mol. The van der Waals surface area contributed by atoms with Crippen LogP contribution in [0, 0.1) is 0 Å². The first-order valence-corrected chi connectivity index (χ1v) is 12.5. The van der Waals surface area contributed by atoms with Gasteiger partial charge in [0.05, 0.1) is 27.2 Å². The van der Waals surface area contributed by atoms with Crippen LogP contribution in [0.2, 0.25) is 0 Å². The average Bonchev–Trinajstić information content (AvgIpc) is 2.96. The van der Waals surface area contributed by atoms with Gasteiger partial charge in [0.1, 0.15) is 11.5 Å². The number of amides is 2. The Morgan fingerprint density at radius 3 is 2.16 bits per heavy atom. The van der Waals surface area contributed by atoms with Crippen LogP contribution in [0.25, 0.3) is 0 Å². The summed E-state index contributed by atoms with van der Waals surface area (Å²) in [5.74, 6) is 1.22. The average molecular weight is 509 g/mol. The molecule has 1 N–H and O–H groups in total. The van der Waals surface area contributed by atoms with E-state index in [1.807, 2.05) is 84.9 Å². The normalized spacial score (nSPS) is 10.5. The van der Waals surface area contributed by atoms with Gasteiger partial charge in [0.25, 0.3) is 5.91 Å². The van der Waals surface area contributed by atoms with E-state index in [9.17, 15) is 9.59 Å². The largest absolute Gasteiger partial charge is 0.497 e. The van der Waals surface area contributed by atoms with Gasteiger partial charge < -0.3 is 19.7 Å². The fourth-order valence-corrected chi connectivity index (χ4v) is 4.18. The molecule has 0 atom stereocenters. The molecule has 0 aliphatic heterocycles. The summed E-state index contributed by atoms with van der Waals surface area (Å²) in [6.45, 7) is 0.938. The Balaban J connectivity index is 1.46. The Morgan fingerprint density at radius 1 is 0.711 bits per heavy atom. The minimum absolute atomic E-state index is 0.0654. The molecule has 0 radical (unpaired) electrons. The number of nitrogens with one attached hydrogen (secondary N) is 1. The van der Waals surface area contributed by atoms with Crippen molar-refractivity contribution in [2.24, 2.45) is 0 Å². The van der Waals surface area contributed by atoms with Gasteiger partial charge in [0, 0.05) is 17.8 Å². The van der Waals surface area contributed by atoms with Crippen molar-refractivity contribution in [3.05, 3.63) is 125 Å². The van der Waals surface area contributed by atoms with E-state index >= 15 is 0 Å². The highest BCUT2D eigenvalue weighted by atomic mass is 16.5. The highest BCUT2D eigenvalue weighted by Crippen LogP contribution is 2.24. The molecule has 4 aromatic carbocycles. The number of anilines is 1. The molecule has 0 aliphatic carbocycles. The zero-order valence-electron chi connectivity index (χ0n) is 21.7. The summed E-state index contributed by atoms with van der Waals surface area (Å²) in [5, 5.41) is 2.99. The lowest BCUT2D eigenvalue weighted by Crippen LogP contribution is -2.31. The van der Waals surface area contributed by atoms with Crippen LogP contribution in [0.1, 0.15) is 27.0 Å². The quantitative estimate of drug-likeness (QED) is 0.293. The number of rotatable bonds is 11. The summed E-state index contributed by atoms with van der Waals surface area (Å²) in [6, 6.07) is 32.4. The molecule has 0 saturated heterocycles. The molecule has 38 heavy (non-hydrogen) atoms.